The minimum Gasteiger partial charge on any atom is -0.487 e. The van der Waals surface area contributed by atoms with Crippen LogP contribution in [0.1, 0.15) is 11.1 Å². The molecule has 0 saturated carbocycles. The van der Waals surface area contributed by atoms with Gasteiger partial charge >= 0.3 is 0 Å². The molecule has 0 atom stereocenters. The molecule has 0 aliphatic rings. The molecule has 5 nitrogen and oxygen atoms in total. The molecular weight excluding hydrogens is 613 g/mol. The largest absolute Gasteiger partial charge is 0.487 e. The summed E-state index contributed by atoms with van der Waals surface area (Å²) in [7, 11) is 0. The Labute approximate surface area is 210 Å². The molecule has 0 unspecified atom stereocenters. The van der Waals surface area contributed by atoms with Crippen molar-refractivity contribution in [3.8, 4) is 5.75 Å². The van der Waals surface area contributed by atoms with Crippen molar-refractivity contribution in [3.05, 3.63) is 90.2 Å². The van der Waals surface area contributed by atoms with Gasteiger partial charge in [-0.25, -0.2) is 5.43 Å². The van der Waals surface area contributed by atoms with Crippen molar-refractivity contribution in [2.75, 3.05) is 11.9 Å². The van der Waals surface area contributed by atoms with Gasteiger partial charge < -0.3 is 10.1 Å². The molecule has 3 aromatic carbocycles. The van der Waals surface area contributed by atoms with Crippen LogP contribution in [-0.4, -0.2) is 18.7 Å². The normalized spacial score (nSPS) is 10.8. The van der Waals surface area contributed by atoms with Crippen molar-refractivity contribution in [3.63, 3.8) is 0 Å². The molecule has 31 heavy (non-hydrogen) atoms. The third kappa shape index (κ3) is 7.64. The van der Waals surface area contributed by atoms with E-state index in [0.717, 1.165) is 30.2 Å². The van der Waals surface area contributed by atoms with E-state index in [4.69, 9.17) is 16.3 Å². The summed E-state index contributed by atoms with van der Waals surface area (Å²) in [6, 6.07) is 18.8. The zero-order valence-corrected chi connectivity index (χ0v) is 21.6. The lowest BCUT2D eigenvalue weighted by atomic mass is 10.2. The topological polar surface area (TPSA) is 62.7 Å². The monoisotopic (exact) mass is 627 g/mol. The maximum absolute atomic E-state index is 12.0. The van der Waals surface area contributed by atoms with Crippen molar-refractivity contribution < 1.29 is 9.53 Å². The van der Waals surface area contributed by atoms with Crippen LogP contribution in [0.15, 0.2) is 79.2 Å². The van der Waals surface area contributed by atoms with Crippen LogP contribution in [-0.2, 0) is 11.4 Å². The fourth-order valence-corrected chi connectivity index (χ4v) is 4.34. The number of hydrogen-bond donors (Lipinski definition) is 2. The van der Waals surface area contributed by atoms with Crippen LogP contribution in [0.5, 0.6) is 5.75 Å². The molecule has 0 spiro atoms. The number of nitrogens with zero attached hydrogens (tertiary/aromatic N) is 1. The minimum atomic E-state index is -0.250. The summed E-state index contributed by atoms with van der Waals surface area (Å²) in [5.41, 5.74) is 5.15. The predicted molar refractivity (Wildman–Crippen MR) is 136 cm³/mol. The molecule has 0 bridgehead atoms. The molecule has 1 amide bonds. The maximum Gasteiger partial charge on any atom is 0.259 e. The quantitative estimate of drug-likeness (QED) is 0.214. The van der Waals surface area contributed by atoms with Gasteiger partial charge in [-0.3, -0.25) is 4.79 Å². The van der Waals surface area contributed by atoms with Gasteiger partial charge in [-0.2, -0.15) is 5.10 Å². The number of carbonyl (C=O) groups excluding carboxylic acids is 1. The lowest BCUT2D eigenvalue weighted by Crippen LogP contribution is -2.25. The van der Waals surface area contributed by atoms with Gasteiger partial charge in [-0.1, -0.05) is 39.7 Å². The van der Waals surface area contributed by atoms with Crippen LogP contribution in [0.4, 0.5) is 5.69 Å². The first-order chi connectivity index (χ1) is 14.9. The lowest BCUT2D eigenvalue weighted by molar-refractivity contribution is -0.119. The van der Waals surface area contributed by atoms with Gasteiger partial charge in [-0.15, -0.1) is 0 Å². The first kappa shape index (κ1) is 23.8. The number of benzene rings is 3. The Morgan fingerprint density at radius 1 is 1.00 bits per heavy atom. The summed E-state index contributed by atoms with van der Waals surface area (Å²) in [4.78, 5) is 12.0. The second-order valence-corrected chi connectivity index (χ2v) is 9.44. The van der Waals surface area contributed by atoms with Crippen molar-refractivity contribution in [1.29, 1.82) is 0 Å². The van der Waals surface area contributed by atoms with Gasteiger partial charge in [0.25, 0.3) is 5.91 Å². The number of hydrazone groups is 1. The smallest absolute Gasteiger partial charge is 0.259 e. The van der Waals surface area contributed by atoms with Gasteiger partial charge in [0.15, 0.2) is 0 Å². The minimum absolute atomic E-state index is 0.115. The van der Waals surface area contributed by atoms with E-state index in [1.54, 1.807) is 6.21 Å². The van der Waals surface area contributed by atoms with Crippen molar-refractivity contribution in [1.82, 2.24) is 5.43 Å². The number of hydrogen-bond acceptors (Lipinski definition) is 4. The van der Waals surface area contributed by atoms with Gasteiger partial charge in [0.2, 0.25) is 0 Å². The highest BCUT2D eigenvalue weighted by Crippen LogP contribution is 2.35. The van der Waals surface area contributed by atoms with E-state index in [2.05, 4.69) is 63.6 Å². The zero-order valence-electron chi connectivity index (χ0n) is 16.0. The second-order valence-electron chi connectivity index (χ2n) is 6.38. The molecule has 0 aliphatic carbocycles. The summed E-state index contributed by atoms with van der Waals surface area (Å²) in [5, 5.41) is 7.73. The van der Waals surface area contributed by atoms with E-state index in [0.29, 0.717) is 17.4 Å². The van der Waals surface area contributed by atoms with Gasteiger partial charge in [0.1, 0.15) is 12.4 Å². The number of carbonyl (C=O) groups is 1. The molecule has 3 rings (SSSR count). The third-order valence-corrected chi connectivity index (χ3v) is 5.98. The fourth-order valence-electron chi connectivity index (χ4n) is 2.50. The highest BCUT2D eigenvalue weighted by Gasteiger charge is 2.09. The first-order valence-corrected chi connectivity index (χ1v) is 11.8. The van der Waals surface area contributed by atoms with E-state index >= 15 is 0 Å². The average Bonchev–Trinajstić information content (AvgIpc) is 2.74. The Hall–Kier alpha value is -1.87. The summed E-state index contributed by atoms with van der Waals surface area (Å²) in [6.07, 6.45) is 1.57. The SMILES string of the molecule is O=C(CNc1ccc(Br)cc1)N/N=C\c1cc(Br)c(OCc2ccc(Cl)cc2)c(Br)c1. The molecule has 0 radical (unpaired) electrons. The third-order valence-electron chi connectivity index (χ3n) is 4.02. The highest BCUT2D eigenvalue weighted by molar-refractivity contribution is 9.11. The number of halogens is 4. The Kier molecular flexibility index (Phi) is 8.95. The molecule has 0 saturated heterocycles. The van der Waals surface area contributed by atoms with Gasteiger partial charge in [-0.05, 0) is 91.5 Å². The predicted octanol–water partition coefficient (Wildman–Crippen LogP) is 6.77. The summed E-state index contributed by atoms with van der Waals surface area (Å²) in [6.45, 7) is 0.521. The molecule has 3 aromatic rings. The van der Waals surface area contributed by atoms with E-state index in [1.807, 2.05) is 60.7 Å². The van der Waals surface area contributed by atoms with E-state index in [1.165, 1.54) is 0 Å². The molecule has 0 heterocycles. The van der Waals surface area contributed by atoms with Crippen LogP contribution < -0.4 is 15.5 Å². The number of rotatable bonds is 8. The van der Waals surface area contributed by atoms with Gasteiger partial charge in [0, 0.05) is 15.2 Å². The number of nitrogens with one attached hydrogen (secondary N) is 2. The van der Waals surface area contributed by atoms with E-state index < -0.39 is 0 Å². The summed E-state index contributed by atoms with van der Waals surface area (Å²) >= 11 is 16.3. The molecule has 0 aromatic heterocycles. The molecule has 0 aliphatic heterocycles. The number of amides is 1. The zero-order chi connectivity index (χ0) is 22.2. The summed E-state index contributed by atoms with van der Waals surface area (Å²) in [5.74, 6) is 0.426. The number of ether oxygens (including phenoxy) is 1. The Balaban J connectivity index is 1.52. The fraction of sp³-hybridized carbons (Fsp3) is 0.0909. The van der Waals surface area contributed by atoms with Crippen LogP contribution in [0.25, 0.3) is 0 Å². The molecular formula is C22H17Br3ClN3O2. The van der Waals surface area contributed by atoms with Crippen molar-refractivity contribution in [2.24, 2.45) is 5.10 Å². The van der Waals surface area contributed by atoms with Crippen LogP contribution in [0.2, 0.25) is 5.02 Å². The van der Waals surface area contributed by atoms with Crippen molar-refractivity contribution in [2.45, 2.75) is 6.61 Å². The van der Waals surface area contributed by atoms with Crippen molar-refractivity contribution >= 4 is 77.2 Å². The molecule has 2 N–H and O–H groups in total. The molecule has 0 fully saturated rings. The maximum atomic E-state index is 12.0. The molecule has 9 heteroatoms. The summed E-state index contributed by atoms with van der Waals surface area (Å²) < 4.78 is 8.42. The van der Waals surface area contributed by atoms with Crippen LogP contribution in [0, 0.1) is 0 Å². The first-order valence-electron chi connectivity index (χ1n) is 9.08. The Morgan fingerprint density at radius 2 is 1.65 bits per heavy atom. The number of anilines is 1. The molecule has 160 valence electrons. The Morgan fingerprint density at radius 3 is 2.29 bits per heavy atom. The van der Waals surface area contributed by atoms with E-state index in [9.17, 15) is 4.79 Å². The van der Waals surface area contributed by atoms with E-state index in [-0.39, 0.29) is 12.5 Å². The van der Waals surface area contributed by atoms with Gasteiger partial charge in [0.05, 0.1) is 21.7 Å². The highest BCUT2D eigenvalue weighted by atomic mass is 79.9. The Bertz CT molecular complexity index is 1050. The van der Waals surface area contributed by atoms with Crippen LogP contribution >= 0.6 is 59.4 Å². The lowest BCUT2D eigenvalue weighted by Gasteiger charge is -2.11. The second kappa shape index (κ2) is 11.7. The standard InChI is InChI=1S/C22H17Br3ClN3O2/c23-16-3-7-18(8-4-16)27-12-21(30)29-28-11-15-9-19(24)22(20(25)10-15)31-13-14-1-5-17(26)6-2-14/h1-11,27H,12-13H2,(H,29,30)/b28-11-. The average molecular weight is 631 g/mol. The van der Waals surface area contributed by atoms with Crippen LogP contribution in [0.3, 0.4) is 0 Å².